The summed E-state index contributed by atoms with van der Waals surface area (Å²) in [4.78, 5) is 0. The van der Waals surface area contributed by atoms with Gasteiger partial charge in [-0.15, -0.1) is 0 Å². The average Bonchev–Trinajstić information content (AvgIpc) is 1.99. The van der Waals surface area contributed by atoms with E-state index < -0.39 is 0 Å². The number of hydrogen-bond donors (Lipinski definition) is 2. The largest absolute Gasteiger partial charge is 0.394 e. The Kier molecular flexibility index (Phi) is 4.89. The molecule has 0 amide bonds. The van der Waals surface area contributed by atoms with E-state index in [9.17, 15) is 0 Å². The van der Waals surface area contributed by atoms with Crippen LogP contribution in [0.2, 0.25) is 0 Å². The van der Waals surface area contributed by atoms with E-state index in [2.05, 4.69) is 0 Å². The molecule has 0 saturated heterocycles. The molecule has 0 aromatic rings. The zero-order valence-corrected chi connectivity index (χ0v) is 6.54. The molecular formula is C8H15NO. The number of allylic oxidation sites excluding steroid dienone is 2. The molecule has 2 heteroatoms. The van der Waals surface area contributed by atoms with Gasteiger partial charge >= 0.3 is 0 Å². The van der Waals surface area contributed by atoms with Gasteiger partial charge in [-0.05, 0) is 19.4 Å². The molecule has 0 saturated carbocycles. The van der Waals surface area contributed by atoms with Crippen LogP contribution in [0.1, 0.15) is 13.8 Å². The molecule has 3 N–H and O–H groups in total. The minimum Gasteiger partial charge on any atom is -0.394 e. The summed E-state index contributed by atoms with van der Waals surface area (Å²) in [5.41, 5.74) is 6.52. The number of rotatable bonds is 3. The van der Waals surface area contributed by atoms with Gasteiger partial charge in [0.05, 0.1) is 12.6 Å². The van der Waals surface area contributed by atoms with Crippen LogP contribution in [0.25, 0.3) is 0 Å². The van der Waals surface area contributed by atoms with Crippen molar-refractivity contribution in [3.63, 3.8) is 0 Å². The zero-order chi connectivity index (χ0) is 7.98. The molecule has 0 spiro atoms. The molecule has 0 bridgehead atoms. The fourth-order valence-electron chi connectivity index (χ4n) is 0.732. The van der Waals surface area contributed by atoms with Gasteiger partial charge < -0.3 is 10.8 Å². The van der Waals surface area contributed by atoms with Gasteiger partial charge in [0.25, 0.3) is 0 Å². The minimum atomic E-state index is -0.235. The molecule has 2 nitrogen and oxygen atoms in total. The van der Waals surface area contributed by atoms with E-state index >= 15 is 0 Å². The molecule has 0 unspecified atom stereocenters. The third-order valence-corrected chi connectivity index (χ3v) is 1.32. The lowest BCUT2D eigenvalue weighted by atomic mass is 10.1. The molecule has 58 valence electrons. The first-order valence-corrected chi connectivity index (χ1v) is 3.41. The van der Waals surface area contributed by atoms with E-state index in [1.54, 1.807) is 0 Å². The van der Waals surface area contributed by atoms with Crippen LogP contribution in [0.5, 0.6) is 0 Å². The van der Waals surface area contributed by atoms with Crippen molar-refractivity contribution in [1.29, 1.82) is 0 Å². The second-order valence-electron chi connectivity index (χ2n) is 2.08. The third-order valence-electron chi connectivity index (χ3n) is 1.32. The van der Waals surface area contributed by atoms with Crippen molar-refractivity contribution in [3.8, 4) is 0 Å². The Hall–Kier alpha value is -0.600. The zero-order valence-electron chi connectivity index (χ0n) is 6.54. The lowest BCUT2D eigenvalue weighted by Crippen LogP contribution is -2.25. The monoisotopic (exact) mass is 141 g/mol. The highest BCUT2D eigenvalue weighted by Gasteiger charge is 2.01. The molecule has 0 aromatic heterocycles. The van der Waals surface area contributed by atoms with E-state index in [0.717, 1.165) is 5.57 Å². The van der Waals surface area contributed by atoms with Crippen LogP contribution < -0.4 is 5.73 Å². The third kappa shape index (κ3) is 2.80. The first kappa shape index (κ1) is 9.40. The van der Waals surface area contributed by atoms with Crippen LogP contribution in [0, 0.1) is 0 Å². The van der Waals surface area contributed by atoms with Gasteiger partial charge in [-0.25, -0.2) is 0 Å². The van der Waals surface area contributed by atoms with Crippen molar-refractivity contribution >= 4 is 0 Å². The van der Waals surface area contributed by atoms with Gasteiger partial charge in [-0.3, -0.25) is 0 Å². The molecular weight excluding hydrogens is 126 g/mol. The molecule has 0 rings (SSSR count). The summed E-state index contributed by atoms with van der Waals surface area (Å²) >= 11 is 0. The summed E-state index contributed by atoms with van der Waals surface area (Å²) in [7, 11) is 0. The molecule has 0 aliphatic rings. The van der Waals surface area contributed by atoms with E-state index in [-0.39, 0.29) is 12.6 Å². The highest BCUT2D eigenvalue weighted by atomic mass is 16.3. The van der Waals surface area contributed by atoms with Crippen molar-refractivity contribution in [2.24, 2.45) is 5.73 Å². The number of nitrogens with two attached hydrogens (primary N) is 1. The predicted octanol–water partition coefficient (Wildman–Crippen LogP) is 0.828. The SMILES string of the molecule is C/C=C\C(=C/C)[C@H](N)CO. The van der Waals surface area contributed by atoms with Crippen LogP contribution in [0.15, 0.2) is 23.8 Å². The summed E-state index contributed by atoms with van der Waals surface area (Å²) in [6.07, 6.45) is 5.71. The van der Waals surface area contributed by atoms with Crippen molar-refractivity contribution in [1.82, 2.24) is 0 Å². The normalized spacial score (nSPS) is 16.2. The maximum atomic E-state index is 8.66. The predicted molar refractivity (Wildman–Crippen MR) is 43.6 cm³/mol. The van der Waals surface area contributed by atoms with Crippen molar-refractivity contribution in [3.05, 3.63) is 23.8 Å². The van der Waals surface area contributed by atoms with Crippen LogP contribution in [-0.2, 0) is 0 Å². The molecule has 10 heavy (non-hydrogen) atoms. The number of hydrogen-bond acceptors (Lipinski definition) is 2. The number of aliphatic hydroxyl groups excluding tert-OH is 1. The van der Waals surface area contributed by atoms with Crippen molar-refractivity contribution in [2.75, 3.05) is 6.61 Å². The second kappa shape index (κ2) is 5.21. The lowest BCUT2D eigenvalue weighted by Gasteiger charge is -2.07. The molecule has 0 aromatic carbocycles. The van der Waals surface area contributed by atoms with Crippen LogP contribution in [0.3, 0.4) is 0 Å². The molecule has 0 aliphatic heterocycles. The Balaban J connectivity index is 4.08. The lowest BCUT2D eigenvalue weighted by molar-refractivity contribution is 0.281. The Morgan fingerprint density at radius 3 is 2.50 bits per heavy atom. The maximum Gasteiger partial charge on any atom is 0.0624 e. The van der Waals surface area contributed by atoms with Crippen molar-refractivity contribution in [2.45, 2.75) is 19.9 Å². The van der Waals surface area contributed by atoms with Gasteiger partial charge in [0.2, 0.25) is 0 Å². The summed E-state index contributed by atoms with van der Waals surface area (Å²) in [5.74, 6) is 0. The number of aliphatic hydroxyl groups is 1. The summed E-state index contributed by atoms with van der Waals surface area (Å²) in [5, 5.41) is 8.66. The first-order valence-electron chi connectivity index (χ1n) is 3.41. The summed E-state index contributed by atoms with van der Waals surface area (Å²) in [6, 6.07) is -0.235. The smallest absolute Gasteiger partial charge is 0.0624 e. The van der Waals surface area contributed by atoms with E-state index in [1.807, 2.05) is 32.1 Å². The highest BCUT2D eigenvalue weighted by molar-refractivity contribution is 5.22. The molecule has 0 aliphatic carbocycles. The van der Waals surface area contributed by atoms with Gasteiger partial charge in [-0.1, -0.05) is 18.2 Å². The topological polar surface area (TPSA) is 46.2 Å². The second-order valence-corrected chi connectivity index (χ2v) is 2.08. The van der Waals surface area contributed by atoms with Crippen LogP contribution in [0.4, 0.5) is 0 Å². The maximum absolute atomic E-state index is 8.66. The molecule has 1 atom stereocenters. The van der Waals surface area contributed by atoms with Crippen LogP contribution >= 0.6 is 0 Å². The van der Waals surface area contributed by atoms with E-state index in [4.69, 9.17) is 10.8 Å². The van der Waals surface area contributed by atoms with Crippen LogP contribution in [-0.4, -0.2) is 17.8 Å². The summed E-state index contributed by atoms with van der Waals surface area (Å²) in [6.45, 7) is 3.84. The van der Waals surface area contributed by atoms with E-state index in [1.165, 1.54) is 0 Å². The van der Waals surface area contributed by atoms with Gasteiger partial charge in [0.15, 0.2) is 0 Å². The molecule has 0 heterocycles. The van der Waals surface area contributed by atoms with Gasteiger partial charge in [0.1, 0.15) is 0 Å². The Labute approximate surface area is 62.0 Å². The fraction of sp³-hybridized carbons (Fsp3) is 0.500. The van der Waals surface area contributed by atoms with E-state index in [0.29, 0.717) is 0 Å². The standard InChI is InChI=1S/C8H15NO/c1-3-5-7(4-2)8(9)6-10/h3-5,8,10H,6,9H2,1-2H3/b5-3-,7-4+/t8-/m1/s1. The Morgan fingerprint density at radius 2 is 2.20 bits per heavy atom. The first-order chi connectivity index (χ1) is 4.76. The highest BCUT2D eigenvalue weighted by Crippen LogP contribution is 2.00. The minimum absolute atomic E-state index is 0.00398. The van der Waals surface area contributed by atoms with Crippen molar-refractivity contribution < 1.29 is 5.11 Å². The average molecular weight is 141 g/mol. The van der Waals surface area contributed by atoms with Gasteiger partial charge in [0, 0.05) is 0 Å². The van der Waals surface area contributed by atoms with Gasteiger partial charge in [-0.2, -0.15) is 0 Å². The molecule has 0 fully saturated rings. The quantitative estimate of drug-likeness (QED) is 0.572. The Bertz CT molecular complexity index is 138. The Morgan fingerprint density at radius 1 is 1.60 bits per heavy atom. The fourth-order valence-corrected chi connectivity index (χ4v) is 0.732. The molecule has 0 radical (unpaired) electrons. The summed E-state index contributed by atoms with van der Waals surface area (Å²) < 4.78 is 0.